The average molecular weight is 298 g/mol. The first kappa shape index (κ1) is 15.0. The molecule has 0 fully saturated rings. The van der Waals surface area contributed by atoms with Gasteiger partial charge in [0.15, 0.2) is 5.65 Å². The van der Waals surface area contributed by atoms with Gasteiger partial charge in [0, 0.05) is 18.6 Å². The predicted molar refractivity (Wildman–Crippen MR) is 79.2 cm³/mol. The minimum absolute atomic E-state index is 0.143. The van der Waals surface area contributed by atoms with Crippen LogP contribution in [-0.4, -0.2) is 50.1 Å². The molecule has 0 aromatic carbocycles. The maximum absolute atomic E-state index is 5.86. The third-order valence-corrected chi connectivity index (χ3v) is 3.31. The molecule has 110 valence electrons. The molecule has 7 heteroatoms. The monoisotopic (exact) mass is 297 g/mol. The SMILES string of the molecule is CC(C)N(CCOc1nc(Cl)nc2nc[nH]c12)C(C)C. The zero-order chi connectivity index (χ0) is 14.7. The number of halogens is 1. The second-order valence-corrected chi connectivity index (χ2v) is 5.51. The van der Waals surface area contributed by atoms with Crippen LogP contribution >= 0.6 is 11.6 Å². The Labute approximate surface area is 123 Å². The minimum Gasteiger partial charge on any atom is -0.475 e. The standard InChI is InChI=1S/C13H20ClN5O/c1-8(2)19(9(3)4)5-6-20-12-10-11(16-7-15-10)17-13(14)18-12/h7-9H,5-6H2,1-4H3,(H,15,16,17,18). The van der Waals surface area contributed by atoms with Gasteiger partial charge < -0.3 is 9.72 Å². The van der Waals surface area contributed by atoms with Gasteiger partial charge in [0.2, 0.25) is 11.2 Å². The summed E-state index contributed by atoms with van der Waals surface area (Å²) in [5.74, 6) is 0.449. The number of nitrogens with zero attached hydrogens (tertiary/aromatic N) is 4. The first-order valence-corrected chi connectivity index (χ1v) is 7.12. The number of ether oxygens (including phenoxy) is 1. The van der Waals surface area contributed by atoms with Gasteiger partial charge >= 0.3 is 0 Å². The van der Waals surface area contributed by atoms with Crippen LogP contribution in [-0.2, 0) is 0 Å². The maximum atomic E-state index is 5.86. The Morgan fingerprint density at radius 3 is 2.60 bits per heavy atom. The highest BCUT2D eigenvalue weighted by atomic mass is 35.5. The van der Waals surface area contributed by atoms with Crippen molar-refractivity contribution in [3.63, 3.8) is 0 Å². The lowest BCUT2D eigenvalue weighted by atomic mass is 10.2. The molecule has 0 aliphatic carbocycles. The fourth-order valence-corrected chi connectivity index (χ4v) is 2.40. The molecule has 20 heavy (non-hydrogen) atoms. The van der Waals surface area contributed by atoms with E-state index >= 15 is 0 Å². The van der Waals surface area contributed by atoms with Gasteiger partial charge in [-0.2, -0.15) is 9.97 Å². The smallest absolute Gasteiger partial charge is 0.244 e. The van der Waals surface area contributed by atoms with Crippen molar-refractivity contribution in [2.75, 3.05) is 13.2 Å². The third kappa shape index (κ3) is 3.37. The highest BCUT2D eigenvalue weighted by Crippen LogP contribution is 2.20. The number of nitrogens with one attached hydrogen (secondary N) is 1. The minimum atomic E-state index is 0.143. The third-order valence-electron chi connectivity index (χ3n) is 3.14. The van der Waals surface area contributed by atoms with Gasteiger partial charge in [-0.15, -0.1) is 0 Å². The molecule has 0 atom stereocenters. The number of hydrogen-bond donors (Lipinski definition) is 1. The van der Waals surface area contributed by atoms with E-state index in [-0.39, 0.29) is 5.28 Å². The molecule has 0 aliphatic heterocycles. The first-order chi connectivity index (χ1) is 9.49. The summed E-state index contributed by atoms with van der Waals surface area (Å²) in [5, 5.41) is 0.143. The number of fused-ring (bicyclic) bond motifs is 1. The summed E-state index contributed by atoms with van der Waals surface area (Å²) in [5.41, 5.74) is 1.19. The summed E-state index contributed by atoms with van der Waals surface area (Å²) in [6.45, 7) is 10.1. The van der Waals surface area contributed by atoms with Gasteiger partial charge in [-0.25, -0.2) is 4.98 Å². The molecule has 2 heterocycles. The van der Waals surface area contributed by atoms with Gasteiger partial charge in [0.1, 0.15) is 12.1 Å². The van der Waals surface area contributed by atoms with Crippen molar-refractivity contribution >= 4 is 22.8 Å². The van der Waals surface area contributed by atoms with Crippen LogP contribution in [0, 0.1) is 0 Å². The van der Waals surface area contributed by atoms with E-state index in [4.69, 9.17) is 16.3 Å². The van der Waals surface area contributed by atoms with E-state index in [1.807, 2.05) is 0 Å². The Morgan fingerprint density at radius 2 is 1.95 bits per heavy atom. The zero-order valence-electron chi connectivity index (χ0n) is 12.2. The van der Waals surface area contributed by atoms with Crippen LogP contribution in [0.15, 0.2) is 6.33 Å². The number of imidazole rings is 1. The highest BCUT2D eigenvalue weighted by molar-refractivity contribution is 6.28. The second-order valence-electron chi connectivity index (χ2n) is 5.17. The van der Waals surface area contributed by atoms with E-state index in [1.165, 1.54) is 0 Å². The summed E-state index contributed by atoms with van der Waals surface area (Å²) in [6.07, 6.45) is 1.55. The van der Waals surface area contributed by atoms with Crippen LogP contribution in [0.1, 0.15) is 27.7 Å². The quantitative estimate of drug-likeness (QED) is 0.830. The van der Waals surface area contributed by atoms with E-state index in [1.54, 1.807) is 6.33 Å². The average Bonchev–Trinajstić information content (AvgIpc) is 2.81. The summed E-state index contributed by atoms with van der Waals surface area (Å²) < 4.78 is 5.74. The summed E-state index contributed by atoms with van der Waals surface area (Å²) in [6, 6.07) is 0.944. The lowest BCUT2D eigenvalue weighted by Gasteiger charge is -2.30. The van der Waals surface area contributed by atoms with Crippen molar-refractivity contribution in [1.82, 2.24) is 24.8 Å². The van der Waals surface area contributed by atoms with Crippen molar-refractivity contribution in [3.05, 3.63) is 11.6 Å². The summed E-state index contributed by atoms with van der Waals surface area (Å²) >= 11 is 5.86. The van der Waals surface area contributed by atoms with E-state index in [2.05, 4.69) is 52.5 Å². The van der Waals surface area contributed by atoms with Gasteiger partial charge in [-0.3, -0.25) is 4.90 Å². The fourth-order valence-electron chi connectivity index (χ4n) is 2.25. The van der Waals surface area contributed by atoms with Crippen LogP contribution in [0.25, 0.3) is 11.2 Å². The Bertz CT molecular complexity index is 561. The number of aromatic nitrogens is 4. The molecule has 0 radical (unpaired) electrons. The summed E-state index contributed by atoms with van der Waals surface area (Å²) in [7, 11) is 0. The van der Waals surface area contributed by atoms with Gasteiger partial charge in [0.05, 0.1) is 6.33 Å². The summed E-state index contributed by atoms with van der Waals surface area (Å²) in [4.78, 5) is 17.5. The molecule has 0 spiro atoms. The van der Waals surface area contributed by atoms with E-state index < -0.39 is 0 Å². The molecule has 0 aliphatic rings. The predicted octanol–water partition coefficient (Wildman–Crippen LogP) is 2.50. The van der Waals surface area contributed by atoms with Crippen LogP contribution in [0.4, 0.5) is 0 Å². The maximum Gasteiger partial charge on any atom is 0.244 e. The van der Waals surface area contributed by atoms with E-state index in [0.717, 1.165) is 6.54 Å². The number of H-pyrrole nitrogens is 1. The van der Waals surface area contributed by atoms with Crippen LogP contribution in [0.5, 0.6) is 5.88 Å². The molecule has 6 nitrogen and oxygen atoms in total. The largest absolute Gasteiger partial charge is 0.475 e. The van der Waals surface area contributed by atoms with Crippen LogP contribution < -0.4 is 4.74 Å². The molecular weight excluding hydrogens is 278 g/mol. The van der Waals surface area contributed by atoms with Crippen molar-refractivity contribution in [2.45, 2.75) is 39.8 Å². The van der Waals surface area contributed by atoms with Crippen molar-refractivity contribution < 1.29 is 4.74 Å². The Kier molecular flexibility index (Phi) is 4.77. The molecule has 2 aromatic rings. The number of aromatic amines is 1. The molecule has 0 amide bonds. The Hall–Kier alpha value is -1.40. The molecule has 2 aromatic heterocycles. The number of rotatable bonds is 6. The lowest BCUT2D eigenvalue weighted by Crippen LogP contribution is -2.39. The van der Waals surface area contributed by atoms with Gasteiger partial charge in [-0.05, 0) is 39.3 Å². The van der Waals surface area contributed by atoms with Crippen molar-refractivity contribution in [3.8, 4) is 5.88 Å². The molecule has 0 saturated heterocycles. The van der Waals surface area contributed by atoms with Crippen LogP contribution in [0.2, 0.25) is 5.28 Å². The van der Waals surface area contributed by atoms with Crippen molar-refractivity contribution in [2.24, 2.45) is 0 Å². The Morgan fingerprint density at radius 1 is 1.25 bits per heavy atom. The van der Waals surface area contributed by atoms with Gasteiger partial charge in [-0.1, -0.05) is 0 Å². The Balaban J connectivity index is 2.04. The molecule has 2 rings (SSSR count). The second kappa shape index (κ2) is 6.37. The zero-order valence-corrected chi connectivity index (χ0v) is 13.0. The topological polar surface area (TPSA) is 66.9 Å². The highest BCUT2D eigenvalue weighted by Gasteiger charge is 2.14. The fraction of sp³-hybridized carbons (Fsp3) is 0.615. The van der Waals surface area contributed by atoms with Crippen LogP contribution in [0.3, 0.4) is 0 Å². The van der Waals surface area contributed by atoms with E-state index in [9.17, 15) is 0 Å². The normalized spacial score (nSPS) is 12.0. The molecule has 0 bridgehead atoms. The lowest BCUT2D eigenvalue weighted by molar-refractivity contribution is 0.140. The first-order valence-electron chi connectivity index (χ1n) is 6.74. The molecule has 0 unspecified atom stereocenters. The van der Waals surface area contributed by atoms with Gasteiger partial charge in [0.25, 0.3) is 0 Å². The molecule has 0 saturated carbocycles. The van der Waals surface area contributed by atoms with E-state index in [0.29, 0.717) is 35.7 Å². The molecular formula is C13H20ClN5O. The molecule has 1 N–H and O–H groups in total. The van der Waals surface area contributed by atoms with Crippen molar-refractivity contribution in [1.29, 1.82) is 0 Å². The number of hydrogen-bond acceptors (Lipinski definition) is 5.